The lowest BCUT2D eigenvalue weighted by atomic mass is 9.81. The van der Waals surface area contributed by atoms with Crippen LogP contribution in [0.25, 0.3) is 0 Å². The minimum Gasteiger partial charge on any atom is -0.300 e. The minimum absolute atomic E-state index is 0.121. The molecule has 0 amide bonds. The van der Waals surface area contributed by atoms with E-state index < -0.39 is 0 Å². The molecule has 0 N–H and O–H groups in total. The van der Waals surface area contributed by atoms with E-state index in [1.54, 1.807) is 0 Å². The van der Waals surface area contributed by atoms with Gasteiger partial charge < -0.3 is 4.90 Å². The first-order valence-corrected chi connectivity index (χ1v) is 5.19. The Morgan fingerprint density at radius 3 is 3.07 bits per heavy atom. The lowest BCUT2D eigenvalue weighted by molar-refractivity contribution is 0.314. The molecule has 2 atom stereocenters. The van der Waals surface area contributed by atoms with Crippen LogP contribution in [-0.2, 0) is 0 Å². The van der Waals surface area contributed by atoms with Crippen LogP contribution >= 0.6 is 0 Å². The van der Waals surface area contributed by atoms with Crippen LogP contribution in [0.4, 0.5) is 0 Å². The maximum Gasteiger partial charge on any atom is 0.0806 e. The van der Waals surface area contributed by atoms with E-state index in [4.69, 9.17) is 5.26 Å². The van der Waals surface area contributed by atoms with Crippen LogP contribution in [0.2, 0.25) is 0 Å². The number of rotatable bonds is 0. The molecule has 0 spiro atoms. The van der Waals surface area contributed by atoms with E-state index in [-0.39, 0.29) is 5.92 Å². The van der Waals surface area contributed by atoms with Crippen molar-refractivity contribution >= 4 is 0 Å². The van der Waals surface area contributed by atoms with Crippen molar-refractivity contribution in [2.45, 2.75) is 13.3 Å². The van der Waals surface area contributed by atoms with Crippen LogP contribution in [0.5, 0.6) is 0 Å². The van der Waals surface area contributed by atoms with Gasteiger partial charge in [0.25, 0.3) is 0 Å². The zero-order valence-corrected chi connectivity index (χ0v) is 8.83. The summed E-state index contributed by atoms with van der Waals surface area (Å²) in [6.07, 6.45) is 5.55. The summed E-state index contributed by atoms with van der Waals surface area (Å²) in [4.78, 5) is 2.23. The molecular weight excluding hydrogens is 172 g/mol. The summed E-state index contributed by atoms with van der Waals surface area (Å²) in [6, 6.07) is 2.42. The van der Waals surface area contributed by atoms with Gasteiger partial charge in [-0.2, -0.15) is 5.26 Å². The molecule has 0 bridgehead atoms. The largest absolute Gasteiger partial charge is 0.300 e. The number of nitrogens with zero attached hydrogens (tertiary/aromatic N) is 2. The van der Waals surface area contributed by atoms with Gasteiger partial charge in [0.1, 0.15) is 0 Å². The summed E-state index contributed by atoms with van der Waals surface area (Å²) < 4.78 is 0. The van der Waals surface area contributed by atoms with Gasteiger partial charge in [-0.05, 0) is 30.5 Å². The molecule has 2 nitrogen and oxygen atoms in total. The highest BCUT2D eigenvalue weighted by molar-refractivity contribution is 5.37. The van der Waals surface area contributed by atoms with Crippen molar-refractivity contribution in [3.8, 4) is 6.07 Å². The third-order valence-corrected chi connectivity index (χ3v) is 3.09. The standard InChI is InChI=1S/C12H16N2/c1-9-3-4-10-7-14(2)8-11(6-13)12(10)5-9/h3-4,9,11H,5,7-8H2,1-2H3. The van der Waals surface area contributed by atoms with E-state index in [9.17, 15) is 0 Å². The topological polar surface area (TPSA) is 27.0 Å². The van der Waals surface area contributed by atoms with E-state index in [1.807, 2.05) is 0 Å². The van der Waals surface area contributed by atoms with Gasteiger partial charge in [0.2, 0.25) is 0 Å². The second kappa shape index (κ2) is 3.59. The summed E-state index contributed by atoms with van der Waals surface area (Å²) in [5.74, 6) is 0.726. The van der Waals surface area contributed by atoms with Crippen LogP contribution in [0.3, 0.4) is 0 Å². The molecule has 0 aromatic rings. The summed E-state index contributed by atoms with van der Waals surface area (Å²) in [6.45, 7) is 4.12. The van der Waals surface area contributed by atoms with Gasteiger partial charge in [-0.15, -0.1) is 0 Å². The van der Waals surface area contributed by atoms with Crippen LogP contribution in [0.15, 0.2) is 23.3 Å². The zero-order chi connectivity index (χ0) is 10.1. The normalized spacial score (nSPS) is 32.6. The van der Waals surface area contributed by atoms with Gasteiger partial charge in [0.15, 0.2) is 0 Å². The Hall–Kier alpha value is -1.07. The molecule has 74 valence electrons. The van der Waals surface area contributed by atoms with Crippen LogP contribution in [-0.4, -0.2) is 25.0 Å². The molecule has 2 rings (SSSR count). The van der Waals surface area contributed by atoms with Gasteiger partial charge in [-0.1, -0.05) is 19.1 Å². The van der Waals surface area contributed by atoms with Gasteiger partial charge in [-0.25, -0.2) is 0 Å². The maximum atomic E-state index is 9.10. The van der Waals surface area contributed by atoms with Crippen molar-refractivity contribution in [2.75, 3.05) is 20.1 Å². The predicted octanol–water partition coefficient (Wildman–Crippen LogP) is 1.96. The lowest BCUT2D eigenvalue weighted by Gasteiger charge is -2.33. The lowest BCUT2D eigenvalue weighted by Crippen LogP contribution is -2.34. The third kappa shape index (κ3) is 1.60. The Bertz CT molecular complexity index is 333. The monoisotopic (exact) mass is 188 g/mol. The Morgan fingerprint density at radius 2 is 2.36 bits per heavy atom. The van der Waals surface area contributed by atoms with Crippen molar-refractivity contribution in [3.63, 3.8) is 0 Å². The summed E-state index contributed by atoms with van der Waals surface area (Å²) in [7, 11) is 2.08. The smallest absolute Gasteiger partial charge is 0.0806 e. The van der Waals surface area contributed by atoms with E-state index in [1.165, 1.54) is 11.1 Å². The fourth-order valence-corrected chi connectivity index (χ4v) is 2.35. The molecule has 0 aromatic carbocycles. The first-order chi connectivity index (χ1) is 6.70. The third-order valence-electron chi connectivity index (χ3n) is 3.09. The first kappa shape index (κ1) is 9.48. The highest BCUT2D eigenvalue weighted by Gasteiger charge is 2.27. The van der Waals surface area contributed by atoms with Crippen LogP contribution in [0, 0.1) is 23.2 Å². The minimum atomic E-state index is 0.121. The van der Waals surface area contributed by atoms with Crippen LogP contribution in [0.1, 0.15) is 13.3 Å². The SMILES string of the molecule is CC1C=CC2=C(C1)C(C#N)CN(C)C2. The molecule has 0 aromatic heterocycles. The molecular formula is C12H16N2. The average Bonchev–Trinajstić information content (AvgIpc) is 2.17. The number of hydrogen-bond donors (Lipinski definition) is 0. The Morgan fingerprint density at radius 1 is 1.57 bits per heavy atom. The fourth-order valence-electron chi connectivity index (χ4n) is 2.35. The fraction of sp³-hybridized carbons (Fsp3) is 0.583. The predicted molar refractivity (Wildman–Crippen MR) is 56.5 cm³/mol. The molecule has 2 unspecified atom stereocenters. The zero-order valence-electron chi connectivity index (χ0n) is 8.83. The summed E-state index contributed by atoms with van der Waals surface area (Å²) >= 11 is 0. The second-order valence-electron chi connectivity index (χ2n) is 4.47. The Labute approximate surface area is 85.5 Å². The average molecular weight is 188 g/mol. The number of hydrogen-bond acceptors (Lipinski definition) is 2. The Balaban J connectivity index is 2.31. The maximum absolute atomic E-state index is 9.10. The van der Waals surface area contributed by atoms with Gasteiger partial charge in [0, 0.05) is 13.1 Å². The van der Waals surface area contributed by atoms with Crippen molar-refractivity contribution in [1.82, 2.24) is 4.90 Å². The van der Waals surface area contributed by atoms with Gasteiger partial charge in [0.05, 0.1) is 12.0 Å². The molecule has 0 radical (unpaired) electrons. The quantitative estimate of drug-likeness (QED) is 0.581. The van der Waals surface area contributed by atoms with Crippen molar-refractivity contribution < 1.29 is 0 Å². The van der Waals surface area contributed by atoms with Crippen molar-refractivity contribution in [3.05, 3.63) is 23.3 Å². The first-order valence-electron chi connectivity index (χ1n) is 5.19. The van der Waals surface area contributed by atoms with E-state index in [0.29, 0.717) is 5.92 Å². The Kier molecular flexibility index (Phi) is 2.43. The molecule has 2 aliphatic rings. The molecule has 0 saturated carbocycles. The molecule has 1 heterocycles. The van der Waals surface area contributed by atoms with Crippen LogP contribution < -0.4 is 0 Å². The molecule has 1 aliphatic heterocycles. The number of allylic oxidation sites excluding steroid dienone is 1. The molecule has 1 aliphatic carbocycles. The summed E-state index contributed by atoms with van der Waals surface area (Å²) in [5.41, 5.74) is 2.77. The van der Waals surface area contributed by atoms with Crippen molar-refractivity contribution in [2.24, 2.45) is 11.8 Å². The second-order valence-corrected chi connectivity index (χ2v) is 4.47. The highest BCUT2D eigenvalue weighted by atomic mass is 15.1. The van der Waals surface area contributed by atoms with Gasteiger partial charge >= 0.3 is 0 Å². The molecule has 14 heavy (non-hydrogen) atoms. The molecule has 2 heteroatoms. The number of nitriles is 1. The highest BCUT2D eigenvalue weighted by Crippen LogP contribution is 2.32. The van der Waals surface area contributed by atoms with E-state index in [2.05, 4.69) is 37.1 Å². The molecule has 0 saturated heterocycles. The van der Waals surface area contributed by atoms with E-state index in [0.717, 1.165) is 19.5 Å². The molecule has 0 fully saturated rings. The number of likely N-dealkylation sites (N-methyl/N-ethyl adjacent to an activating group) is 1. The van der Waals surface area contributed by atoms with E-state index >= 15 is 0 Å². The van der Waals surface area contributed by atoms with Crippen molar-refractivity contribution in [1.29, 1.82) is 5.26 Å². The van der Waals surface area contributed by atoms with Gasteiger partial charge in [-0.3, -0.25) is 0 Å². The summed E-state index contributed by atoms with van der Waals surface area (Å²) in [5, 5.41) is 9.10.